The van der Waals surface area contributed by atoms with Crippen LogP contribution in [0.1, 0.15) is 50.3 Å². The van der Waals surface area contributed by atoms with Gasteiger partial charge in [0.1, 0.15) is 5.82 Å². The molecule has 1 saturated heterocycles. The summed E-state index contributed by atoms with van der Waals surface area (Å²) in [6.45, 7) is 10.1. The van der Waals surface area contributed by atoms with Crippen LogP contribution in [0.5, 0.6) is 0 Å². The quantitative estimate of drug-likeness (QED) is 0.433. The molecule has 1 aliphatic heterocycles. The Morgan fingerprint density at radius 2 is 1.70 bits per heavy atom. The lowest BCUT2D eigenvalue weighted by atomic mass is 9.87. The standard InChI is InChI=1S/C23H29FO2S/c1-17-6-7-19(22(2,3)4)16-21(17)27-15-5-12-23(25-13-14-26-23)18-8-10-20(24)11-9-18/h6-11,16H,5,12-15H2,1-4H3. The second kappa shape index (κ2) is 8.34. The summed E-state index contributed by atoms with van der Waals surface area (Å²) in [5.74, 6) is 0.0253. The predicted octanol–water partition coefficient (Wildman–Crippen LogP) is 6.20. The molecule has 3 rings (SSSR count). The van der Waals surface area contributed by atoms with E-state index in [2.05, 4.69) is 45.9 Å². The molecule has 0 unspecified atom stereocenters. The van der Waals surface area contributed by atoms with E-state index in [1.54, 1.807) is 12.1 Å². The minimum absolute atomic E-state index is 0.154. The highest BCUT2D eigenvalue weighted by molar-refractivity contribution is 7.99. The van der Waals surface area contributed by atoms with Crippen LogP contribution in [0.25, 0.3) is 0 Å². The minimum atomic E-state index is -0.726. The van der Waals surface area contributed by atoms with Gasteiger partial charge in [0.05, 0.1) is 13.2 Å². The molecule has 0 saturated carbocycles. The number of halogens is 1. The van der Waals surface area contributed by atoms with Crippen molar-refractivity contribution in [3.05, 3.63) is 65.0 Å². The zero-order chi connectivity index (χ0) is 19.5. The molecule has 0 spiro atoms. The molecule has 0 aliphatic carbocycles. The van der Waals surface area contributed by atoms with Gasteiger partial charge in [0.25, 0.3) is 0 Å². The third-order valence-electron chi connectivity index (χ3n) is 5.00. The summed E-state index contributed by atoms with van der Waals surface area (Å²) in [4.78, 5) is 1.34. The molecule has 1 fully saturated rings. The Hall–Kier alpha value is -1.36. The average molecular weight is 389 g/mol. The highest BCUT2D eigenvalue weighted by atomic mass is 32.2. The lowest BCUT2D eigenvalue weighted by Crippen LogP contribution is -2.27. The maximum absolute atomic E-state index is 13.3. The van der Waals surface area contributed by atoms with E-state index >= 15 is 0 Å². The Labute approximate surface area is 166 Å². The van der Waals surface area contributed by atoms with Crippen molar-refractivity contribution in [1.29, 1.82) is 0 Å². The molecule has 0 atom stereocenters. The van der Waals surface area contributed by atoms with E-state index in [9.17, 15) is 4.39 Å². The monoisotopic (exact) mass is 388 g/mol. The fourth-order valence-corrected chi connectivity index (χ4v) is 4.34. The number of hydrogen-bond donors (Lipinski definition) is 0. The van der Waals surface area contributed by atoms with E-state index in [4.69, 9.17) is 9.47 Å². The van der Waals surface area contributed by atoms with Crippen molar-refractivity contribution in [2.45, 2.75) is 56.6 Å². The molecule has 146 valence electrons. The molecular weight excluding hydrogens is 359 g/mol. The van der Waals surface area contributed by atoms with E-state index in [0.717, 1.165) is 24.2 Å². The van der Waals surface area contributed by atoms with Gasteiger partial charge in [-0.15, -0.1) is 11.8 Å². The summed E-state index contributed by atoms with van der Waals surface area (Å²) < 4.78 is 25.2. The van der Waals surface area contributed by atoms with Crippen LogP contribution in [0.2, 0.25) is 0 Å². The Balaban J connectivity index is 1.63. The van der Waals surface area contributed by atoms with E-state index in [0.29, 0.717) is 13.2 Å². The fraction of sp³-hybridized carbons (Fsp3) is 0.478. The van der Waals surface area contributed by atoms with Crippen LogP contribution in [0.4, 0.5) is 4.39 Å². The summed E-state index contributed by atoms with van der Waals surface area (Å²) in [6.07, 6.45) is 1.73. The Bertz CT molecular complexity index is 759. The Morgan fingerprint density at radius 1 is 1.04 bits per heavy atom. The van der Waals surface area contributed by atoms with Gasteiger partial charge in [-0.3, -0.25) is 0 Å². The zero-order valence-electron chi connectivity index (χ0n) is 16.7. The fourth-order valence-electron chi connectivity index (χ4n) is 3.32. The topological polar surface area (TPSA) is 18.5 Å². The predicted molar refractivity (Wildman–Crippen MR) is 110 cm³/mol. The van der Waals surface area contributed by atoms with Gasteiger partial charge in [0, 0.05) is 16.9 Å². The van der Waals surface area contributed by atoms with E-state index in [1.807, 2.05) is 11.8 Å². The lowest BCUT2D eigenvalue weighted by molar-refractivity contribution is -0.170. The summed E-state index contributed by atoms with van der Waals surface area (Å²) >= 11 is 1.89. The van der Waals surface area contributed by atoms with Crippen LogP contribution in [-0.2, 0) is 20.7 Å². The van der Waals surface area contributed by atoms with E-state index in [1.165, 1.54) is 28.2 Å². The molecule has 1 heterocycles. The van der Waals surface area contributed by atoms with Gasteiger partial charge in [0.2, 0.25) is 0 Å². The van der Waals surface area contributed by atoms with Gasteiger partial charge in [-0.25, -0.2) is 4.39 Å². The number of thioether (sulfide) groups is 1. The average Bonchev–Trinajstić information content (AvgIpc) is 3.09. The van der Waals surface area contributed by atoms with E-state index in [-0.39, 0.29) is 11.2 Å². The third kappa shape index (κ3) is 4.92. The first kappa shape index (κ1) is 20.4. The molecule has 0 bridgehead atoms. The van der Waals surface area contributed by atoms with Crippen LogP contribution in [0, 0.1) is 12.7 Å². The van der Waals surface area contributed by atoms with Crippen molar-refractivity contribution in [1.82, 2.24) is 0 Å². The molecule has 2 aromatic carbocycles. The molecule has 4 heteroatoms. The molecule has 0 N–H and O–H groups in total. The normalized spacial score (nSPS) is 16.6. The third-order valence-corrected chi connectivity index (χ3v) is 6.24. The lowest BCUT2D eigenvalue weighted by Gasteiger charge is -2.28. The van der Waals surface area contributed by atoms with Crippen molar-refractivity contribution >= 4 is 11.8 Å². The second-order valence-electron chi connectivity index (χ2n) is 8.14. The first-order valence-corrected chi connectivity index (χ1v) is 10.6. The maximum Gasteiger partial charge on any atom is 0.195 e. The van der Waals surface area contributed by atoms with Crippen LogP contribution in [0.15, 0.2) is 47.4 Å². The van der Waals surface area contributed by atoms with Crippen LogP contribution in [0.3, 0.4) is 0 Å². The molecule has 0 amide bonds. The first-order chi connectivity index (χ1) is 12.8. The first-order valence-electron chi connectivity index (χ1n) is 9.58. The van der Waals surface area contributed by atoms with Gasteiger partial charge in [0.15, 0.2) is 5.79 Å². The number of benzene rings is 2. The minimum Gasteiger partial charge on any atom is -0.343 e. The summed E-state index contributed by atoms with van der Waals surface area (Å²) in [5, 5.41) is 0. The maximum atomic E-state index is 13.3. The largest absolute Gasteiger partial charge is 0.343 e. The smallest absolute Gasteiger partial charge is 0.195 e. The van der Waals surface area contributed by atoms with Crippen molar-refractivity contribution in [3.63, 3.8) is 0 Å². The van der Waals surface area contributed by atoms with Gasteiger partial charge in [-0.05, 0) is 53.8 Å². The number of rotatable bonds is 6. The van der Waals surface area contributed by atoms with Crippen molar-refractivity contribution in [2.75, 3.05) is 19.0 Å². The molecule has 1 aliphatic rings. The van der Waals surface area contributed by atoms with Crippen LogP contribution in [-0.4, -0.2) is 19.0 Å². The highest BCUT2D eigenvalue weighted by Gasteiger charge is 2.37. The number of hydrogen-bond acceptors (Lipinski definition) is 3. The second-order valence-corrected chi connectivity index (χ2v) is 9.28. The summed E-state index contributed by atoms with van der Waals surface area (Å²) in [5.41, 5.74) is 3.73. The van der Waals surface area contributed by atoms with Gasteiger partial charge >= 0.3 is 0 Å². The van der Waals surface area contributed by atoms with Crippen molar-refractivity contribution in [3.8, 4) is 0 Å². The number of ether oxygens (including phenoxy) is 2. The van der Waals surface area contributed by atoms with E-state index < -0.39 is 5.79 Å². The Kier molecular flexibility index (Phi) is 6.29. The molecule has 0 radical (unpaired) electrons. The molecule has 2 nitrogen and oxygen atoms in total. The summed E-state index contributed by atoms with van der Waals surface area (Å²) in [7, 11) is 0. The van der Waals surface area contributed by atoms with Crippen molar-refractivity contribution in [2.24, 2.45) is 0 Å². The zero-order valence-corrected chi connectivity index (χ0v) is 17.5. The number of aryl methyl sites for hydroxylation is 1. The van der Waals surface area contributed by atoms with Gasteiger partial charge in [-0.1, -0.05) is 45.0 Å². The van der Waals surface area contributed by atoms with Crippen LogP contribution < -0.4 is 0 Å². The SMILES string of the molecule is Cc1ccc(C(C)(C)C)cc1SCCCC1(c2ccc(F)cc2)OCCO1. The highest BCUT2D eigenvalue weighted by Crippen LogP contribution is 2.37. The molecule has 0 aromatic heterocycles. The Morgan fingerprint density at radius 3 is 2.33 bits per heavy atom. The van der Waals surface area contributed by atoms with Crippen molar-refractivity contribution < 1.29 is 13.9 Å². The molecular formula is C23H29FO2S. The van der Waals surface area contributed by atoms with Gasteiger partial charge in [-0.2, -0.15) is 0 Å². The van der Waals surface area contributed by atoms with Crippen LogP contribution >= 0.6 is 11.8 Å². The summed E-state index contributed by atoms with van der Waals surface area (Å²) in [6, 6.07) is 13.2. The van der Waals surface area contributed by atoms with Gasteiger partial charge < -0.3 is 9.47 Å². The molecule has 27 heavy (non-hydrogen) atoms. The molecule has 2 aromatic rings.